The van der Waals surface area contributed by atoms with Gasteiger partial charge in [-0.05, 0) is 36.6 Å². The highest BCUT2D eigenvalue weighted by Gasteiger charge is 2.23. The van der Waals surface area contributed by atoms with Crippen molar-refractivity contribution in [1.29, 1.82) is 0 Å². The molecule has 0 atom stereocenters. The standard InChI is InChI=1S/C26H31N5O4/c1-29-23-17-27-22-7-5-18(19-6-8-24(28-16-19)35-12-4-11-31(2,3)33)15-21(22)25(23)30(26(29)32)20-9-13-34-14-10-20/h5-8,15-17,20H,4,9-14H2,1-3H3. The van der Waals surface area contributed by atoms with Crippen LogP contribution in [0.1, 0.15) is 25.3 Å². The molecule has 9 heteroatoms. The van der Waals surface area contributed by atoms with Crippen molar-refractivity contribution in [2.24, 2.45) is 7.05 Å². The Balaban J connectivity index is 1.47. The van der Waals surface area contributed by atoms with E-state index in [0.29, 0.717) is 38.7 Å². The molecule has 4 aromatic rings. The van der Waals surface area contributed by atoms with Crippen LogP contribution in [0.5, 0.6) is 5.88 Å². The molecule has 1 aliphatic heterocycles. The topological polar surface area (TPSA) is 94.2 Å². The minimum Gasteiger partial charge on any atom is -0.633 e. The number of hydrogen-bond donors (Lipinski definition) is 0. The Morgan fingerprint density at radius 2 is 1.89 bits per heavy atom. The predicted molar refractivity (Wildman–Crippen MR) is 135 cm³/mol. The fourth-order valence-corrected chi connectivity index (χ4v) is 4.75. The molecule has 0 aliphatic carbocycles. The minimum absolute atomic E-state index is 0.0195. The lowest BCUT2D eigenvalue weighted by Gasteiger charge is -2.33. The zero-order valence-electron chi connectivity index (χ0n) is 20.4. The molecule has 0 N–H and O–H groups in total. The molecule has 1 aliphatic rings. The Morgan fingerprint density at radius 3 is 2.60 bits per heavy atom. The lowest BCUT2D eigenvalue weighted by atomic mass is 10.0. The normalized spacial score (nSPS) is 15.2. The SMILES string of the molecule is Cn1c(=O)n(C2CCOCC2)c2c3cc(-c4ccc(OCCC[N+](C)(C)[O-])nc4)ccc3ncc21. The molecule has 0 radical (unpaired) electrons. The third kappa shape index (κ3) is 4.80. The van der Waals surface area contributed by atoms with E-state index in [4.69, 9.17) is 9.47 Å². The summed E-state index contributed by atoms with van der Waals surface area (Å²) in [5, 5.41) is 12.6. The number of fused-ring (bicyclic) bond motifs is 3. The van der Waals surface area contributed by atoms with Crippen molar-refractivity contribution in [2.75, 3.05) is 40.5 Å². The van der Waals surface area contributed by atoms with Crippen LogP contribution in [0.3, 0.4) is 0 Å². The van der Waals surface area contributed by atoms with E-state index in [-0.39, 0.29) is 16.4 Å². The smallest absolute Gasteiger partial charge is 0.329 e. The summed E-state index contributed by atoms with van der Waals surface area (Å²) in [6, 6.07) is 10.0. The van der Waals surface area contributed by atoms with Gasteiger partial charge in [0.2, 0.25) is 5.88 Å². The van der Waals surface area contributed by atoms with Gasteiger partial charge in [-0.1, -0.05) is 6.07 Å². The highest BCUT2D eigenvalue weighted by atomic mass is 16.5. The second kappa shape index (κ2) is 9.41. The maximum Gasteiger partial charge on any atom is 0.329 e. The summed E-state index contributed by atoms with van der Waals surface area (Å²) in [4.78, 5) is 22.3. The van der Waals surface area contributed by atoms with Crippen LogP contribution >= 0.6 is 0 Å². The van der Waals surface area contributed by atoms with Crippen LogP contribution in [0.25, 0.3) is 33.1 Å². The summed E-state index contributed by atoms with van der Waals surface area (Å²) < 4.78 is 14.5. The van der Waals surface area contributed by atoms with E-state index in [0.717, 1.165) is 45.9 Å². The van der Waals surface area contributed by atoms with Crippen molar-refractivity contribution in [3.8, 4) is 17.0 Å². The molecule has 1 saturated heterocycles. The molecule has 0 bridgehead atoms. The first-order chi connectivity index (χ1) is 16.8. The van der Waals surface area contributed by atoms with Gasteiger partial charge in [0.05, 0.1) is 50.0 Å². The van der Waals surface area contributed by atoms with Gasteiger partial charge in [0.15, 0.2) is 0 Å². The third-order valence-corrected chi connectivity index (χ3v) is 6.63. The third-order valence-electron chi connectivity index (χ3n) is 6.63. The van der Waals surface area contributed by atoms with Gasteiger partial charge in [-0.3, -0.25) is 14.1 Å². The van der Waals surface area contributed by atoms with Crippen molar-refractivity contribution >= 4 is 21.9 Å². The Bertz CT molecular complexity index is 1400. The first kappa shape index (κ1) is 23.5. The number of hydrogen-bond acceptors (Lipinski definition) is 6. The molecule has 3 aromatic heterocycles. The van der Waals surface area contributed by atoms with E-state index in [1.165, 1.54) is 0 Å². The van der Waals surface area contributed by atoms with Crippen LogP contribution in [0.2, 0.25) is 0 Å². The molecule has 0 spiro atoms. The number of imidazole rings is 1. The van der Waals surface area contributed by atoms with Crippen molar-refractivity contribution < 1.29 is 14.1 Å². The van der Waals surface area contributed by atoms with Gasteiger partial charge in [0, 0.05) is 55.9 Å². The summed E-state index contributed by atoms with van der Waals surface area (Å²) in [5.41, 5.74) is 4.52. The number of quaternary nitrogens is 1. The van der Waals surface area contributed by atoms with E-state index < -0.39 is 0 Å². The Hall–Kier alpha value is -3.27. The zero-order valence-corrected chi connectivity index (χ0v) is 20.4. The van der Waals surface area contributed by atoms with Crippen LogP contribution in [-0.2, 0) is 11.8 Å². The summed E-state index contributed by atoms with van der Waals surface area (Å²) in [6.45, 7) is 2.27. The van der Waals surface area contributed by atoms with E-state index >= 15 is 0 Å². The van der Waals surface area contributed by atoms with Crippen LogP contribution in [0.15, 0.2) is 47.5 Å². The molecule has 35 heavy (non-hydrogen) atoms. The van der Waals surface area contributed by atoms with Crippen LogP contribution in [0, 0.1) is 5.21 Å². The molecule has 9 nitrogen and oxygen atoms in total. The average molecular weight is 478 g/mol. The van der Waals surface area contributed by atoms with Gasteiger partial charge < -0.3 is 19.3 Å². The Morgan fingerprint density at radius 1 is 1.11 bits per heavy atom. The summed E-state index contributed by atoms with van der Waals surface area (Å²) in [6.07, 6.45) is 5.88. The molecule has 0 unspecified atom stereocenters. The zero-order chi connectivity index (χ0) is 24.6. The quantitative estimate of drug-likeness (QED) is 0.229. The highest BCUT2D eigenvalue weighted by Crippen LogP contribution is 2.32. The van der Waals surface area contributed by atoms with Crippen molar-refractivity contribution in [3.63, 3.8) is 0 Å². The number of hydroxylamine groups is 3. The van der Waals surface area contributed by atoms with E-state index in [1.54, 1.807) is 38.1 Å². The molecular formula is C26H31N5O4. The maximum absolute atomic E-state index is 13.2. The predicted octanol–water partition coefficient (Wildman–Crippen LogP) is 3.64. The van der Waals surface area contributed by atoms with Crippen LogP contribution in [-0.4, -0.2) is 64.2 Å². The molecule has 0 amide bonds. The number of rotatable bonds is 7. The summed E-state index contributed by atoms with van der Waals surface area (Å²) >= 11 is 0. The van der Waals surface area contributed by atoms with E-state index in [9.17, 15) is 10.0 Å². The monoisotopic (exact) mass is 477 g/mol. The molecule has 1 aromatic carbocycles. The number of aromatic nitrogens is 4. The Labute approximate surface area is 203 Å². The fraction of sp³-hybridized carbons (Fsp3) is 0.423. The van der Waals surface area contributed by atoms with Crippen LogP contribution < -0.4 is 10.4 Å². The van der Waals surface area contributed by atoms with Gasteiger partial charge >= 0.3 is 5.69 Å². The minimum atomic E-state index is -0.330. The molecule has 184 valence electrons. The highest BCUT2D eigenvalue weighted by molar-refractivity contribution is 6.04. The van der Waals surface area contributed by atoms with Gasteiger partial charge in [0.25, 0.3) is 0 Å². The van der Waals surface area contributed by atoms with Gasteiger partial charge in [0.1, 0.15) is 0 Å². The van der Waals surface area contributed by atoms with E-state index in [2.05, 4.69) is 16.0 Å². The lowest BCUT2D eigenvalue weighted by molar-refractivity contribution is -0.840. The molecular weight excluding hydrogens is 446 g/mol. The number of benzene rings is 1. The first-order valence-corrected chi connectivity index (χ1v) is 12.0. The van der Waals surface area contributed by atoms with E-state index in [1.807, 2.05) is 28.8 Å². The number of nitrogens with zero attached hydrogens (tertiary/aromatic N) is 5. The molecule has 4 heterocycles. The summed E-state index contributed by atoms with van der Waals surface area (Å²) in [7, 11) is 5.05. The second-order valence-electron chi connectivity index (χ2n) is 9.66. The molecule has 0 saturated carbocycles. The van der Waals surface area contributed by atoms with Gasteiger partial charge in [-0.15, -0.1) is 0 Å². The van der Waals surface area contributed by atoms with Crippen molar-refractivity contribution in [1.82, 2.24) is 19.1 Å². The van der Waals surface area contributed by atoms with Crippen LogP contribution in [0.4, 0.5) is 0 Å². The van der Waals surface area contributed by atoms with Gasteiger partial charge in [-0.2, -0.15) is 0 Å². The lowest BCUT2D eigenvalue weighted by Crippen LogP contribution is -2.33. The van der Waals surface area contributed by atoms with Crippen molar-refractivity contribution in [3.05, 3.63) is 58.4 Å². The first-order valence-electron chi connectivity index (χ1n) is 12.0. The Kier molecular flexibility index (Phi) is 6.31. The maximum atomic E-state index is 13.2. The number of aryl methyl sites for hydroxylation is 1. The summed E-state index contributed by atoms with van der Waals surface area (Å²) in [5.74, 6) is 0.534. The second-order valence-corrected chi connectivity index (χ2v) is 9.66. The van der Waals surface area contributed by atoms with Gasteiger partial charge in [-0.25, -0.2) is 9.78 Å². The number of ether oxygens (including phenoxy) is 2. The van der Waals surface area contributed by atoms with Crippen molar-refractivity contribution in [2.45, 2.75) is 25.3 Å². The average Bonchev–Trinajstić information content (AvgIpc) is 3.12. The largest absolute Gasteiger partial charge is 0.633 e. The number of pyridine rings is 2. The molecule has 5 rings (SSSR count). The molecule has 1 fully saturated rings. The fourth-order valence-electron chi connectivity index (χ4n) is 4.75.